The lowest BCUT2D eigenvalue weighted by atomic mass is 10.0. The van der Waals surface area contributed by atoms with E-state index in [9.17, 15) is 21.6 Å². The van der Waals surface area contributed by atoms with Crippen molar-refractivity contribution in [3.05, 3.63) is 65.0 Å². The van der Waals surface area contributed by atoms with Crippen molar-refractivity contribution < 1.29 is 21.6 Å². The molecule has 1 aliphatic heterocycles. The number of nitrogens with one attached hydrogen (secondary N) is 1. The zero-order valence-corrected chi connectivity index (χ0v) is 16.4. The van der Waals surface area contributed by atoms with E-state index in [0.717, 1.165) is 38.6 Å². The summed E-state index contributed by atoms with van der Waals surface area (Å²) in [6.07, 6.45) is 0.724. The van der Waals surface area contributed by atoms with Crippen molar-refractivity contribution in [2.45, 2.75) is 17.5 Å². The predicted molar refractivity (Wildman–Crippen MR) is 104 cm³/mol. The molecule has 0 saturated carbocycles. The van der Waals surface area contributed by atoms with Gasteiger partial charge >= 0.3 is 6.18 Å². The summed E-state index contributed by atoms with van der Waals surface area (Å²) >= 11 is 5.66. The van der Waals surface area contributed by atoms with Crippen LogP contribution in [0.2, 0.25) is 5.02 Å². The first kappa shape index (κ1) is 19.9. The fourth-order valence-corrected chi connectivity index (χ4v) is 5.17. The minimum absolute atomic E-state index is 0.0233. The number of hydrogen-bond donors (Lipinski definition) is 1. The summed E-state index contributed by atoms with van der Waals surface area (Å²) in [5.41, 5.74) is 1.28. The molecule has 0 saturated heterocycles. The Hall–Kier alpha value is -2.36. The molecule has 0 atom stereocenters. The number of hydrogen-bond acceptors (Lipinski definition) is 3. The van der Waals surface area contributed by atoms with Crippen LogP contribution in [0.25, 0.3) is 16.6 Å². The van der Waals surface area contributed by atoms with Gasteiger partial charge in [-0.2, -0.15) is 17.5 Å². The summed E-state index contributed by atoms with van der Waals surface area (Å²) < 4.78 is 66.9. The Morgan fingerprint density at radius 1 is 1.21 bits per heavy atom. The van der Waals surface area contributed by atoms with Crippen molar-refractivity contribution >= 4 is 38.2 Å². The molecule has 0 aliphatic carbocycles. The van der Waals surface area contributed by atoms with Gasteiger partial charge < -0.3 is 4.98 Å². The molecule has 1 N–H and O–H groups in total. The minimum Gasteiger partial charge on any atom is -0.346 e. The number of fused-ring (bicyclic) bond motifs is 1. The molecular weight excluding hydrogens is 427 g/mol. The van der Waals surface area contributed by atoms with Crippen LogP contribution < -0.4 is 0 Å². The third-order valence-corrected chi connectivity index (χ3v) is 6.99. The number of alkyl halides is 3. The lowest BCUT2D eigenvalue weighted by Crippen LogP contribution is -2.35. The highest BCUT2D eigenvalue weighted by atomic mass is 35.5. The highest BCUT2D eigenvalue weighted by Gasteiger charge is 2.39. The van der Waals surface area contributed by atoms with E-state index >= 15 is 0 Å². The van der Waals surface area contributed by atoms with Gasteiger partial charge in [-0.15, -0.1) is 0 Å². The molecule has 2 aromatic heterocycles. The molecule has 0 spiro atoms. The van der Waals surface area contributed by atoms with E-state index in [0.29, 0.717) is 12.5 Å². The van der Waals surface area contributed by atoms with Crippen LogP contribution in [0.1, 0.15) is 17.5 Å². The number of halogens is 4. The average molecular weight is 442 g/mol. The van der Waals surface area contributed by atoms with Gasteiger partial charge in [-0.3, -0.25) is 0 Å². The second kappa shape index (κ2) is 7.16. The molecule has 1 aliphatic rings. The Kier molecular flexibility index (Phi) is 4.92. The number of benzene rings is 1. The summed E-state index contributed by atoms with van der Waals surface area (Å²) in [6.45, 7) is 0.0472. The SMILES string of the molecule is O=S(=O)(c1ccc(Cl)cc1C(F)(F)F)N1CC=C(c2c[nH]c3ncccc23)CC1. The first-order valence-corrected chi connectivity index (χ1v) is 10.5. The number of H-pyrrole nitrogens is 1. The third kappa shape index (κ3) is 3.65. The maximum atomic E-state index is 13.4. The number of aromatic nitrogens is 2. The molecule has 3 aromatic rings. The molecule has 152 valence electrons. The number of sulfonamides is 1. The Morgan fingerprint density at radius 3 is 2.69 bits per heavy atom. The van der Waals surface area contributed by atoms with Crippen molar-refractivity contribution in [3.63, 3.8) is 0 Å². The van der Waals surface area contributed by atoms with Crippen molar-refractivity contribution in [2.24, 2.45) is 0 Å². The fourth-order valence-electron chi connectivity index (χ4n) is 3.42. The molecule has 0 amide bonds. The maximum absolute atomic E-state index is 13.4. The predicted octanol–water partition coefficient (Wildman–Crippen LogP) is 4.71. The summed E-state index contributed by atoms with van der Waals surface area (Å²) in [7, 11) is -4.34. The average Bonchev–Trinajstić information content (AvgIpc) is 3.11. The van der Waals surface area contributed by atoms with Crippen LogP contribution in [-0.2, 0) is 16.2 Å². The van der Waals surface area contributed by atoms with E-state index in [1.165, 1.54) is 0 Å². The van der Waals surface area contributed by atoms with Crippen LogP contribution in [-0.4, -0.2) is 35.8 Å². The van der Waals surface area contributed by atoms with Crippen molar-refractivity contribution in [3.8, 4) is 0 Å². The molecule has 4 rings (SSSR count). The monoisotopic (exact) mass is 441 g/mol. The number of rotatable bonds is 3. The topological polar surface area (TPSA) is 66.1 Å². The summed E-state index contributed by atoms with van der Waals surface area (Å²) in [6, 6.07) is 6.40. The number of nitrogens with zero attached hydrogens (tertiary/aromatic N) is 2. The van der Waals surface area contributed by atoms with Gasteiger partial charge in [-0.25, -0.2) is 13.4 Å². The normalized spacial score (nSPS) is 16.2. The van der Waals surface area contributed by atoms with Crippen LogP contribution in [0.4, 0.5) is 13.2 Å². The largest absolute Gasteiger partial charge is 0.417 e. The van der Waals surface area contributed by atoms with Gasteiger partial charge in [-0.1, -0.05) is 17.7 Å². The Labute approximate surface area is 169 Å². The number of aromatic amines is 1. The van der Waals surface area contributed by atoms with Crippen LogP contribution in [0.5, 0.6) is 0 Å². The molecule has 0 fully saturated rings. The molecule has 5 nitrogen and oxygen atoms in total. The van der Waals surface area contributed by atoms with Gasteiger partial charge in [0.1, 0.15) is 5.65 Å². The lowest BCUT2D eigenvalue weighted by molar-refractivity contribution is -0.139. The smallest absolute Gasteiger partial charge is 0.346 e. The van der Waals surface area contributed by atoms with Gasteiger partial charge in [0, 0.05) is 41.5 Å². The Bertz CT molecular complexity index is 1220. The van der Waals surface area contributed by atoms with Crippen LogP contribution >= 0.6 is 11.6 Å². The minimum atomic E-state index is -4.83. The highest BCUT2D eigenvalue weighted by Crippen LogP contribution is 2.38. The summed E-state index contributed by atoms with van der Waals surface area (Å²) in [5, 5.41) is 0.733. The zero-order valence-electron chi connectivity index (χ0n) is 14.9. The molecule has 0 bridgehead atoms. The lowest BCUT2D eigenvalue weighted by Gasteiger charge is -2.27. The molecule has 29 heavy (non-hydrogen) atoms. The quantitative estimate of drug-likeness (QED) is 0.640. The first-order chi connectivity index (χ1) is 13.7. The third-order valence-electron chi connectivity index (χ3n) is 4.83. The van der Waals surface area contributed by atoms with E-state index in [1.807, 2.05) is 6.07 Å². The molecule has 0 unspecified atom stereocenters. The van der Waals surface area contributed by atoms with E-state index in [4.69, 9.17) is 11.6 Å². The fraction of sp³-hybridized carbons (Fsp3) is 0.211. The van der Waals surface area contributed by atoms with Gasteiger partial charge in [0.25, 0.3) is 0 Å². The van der Waals surface area contributed by atoms with E-state index in [-0.39, 0.29) is 18.1 Å². The second-order valence-electron chi connectivity index (χ2n) is 6.58. The highest BCUT2D eigenvalue weighted by molar-refractivity contribution is 7.89. The van der Waals surface area contributed by atoms with Crippen molar-refractivity contribution in [1.82, 2.24) is 14.3 Å². The van der Waals surface area contributed by atoms with Crippen molar-refractivity contribution in [1.29, 1.82) is 0 Å². The van der Waals surface area contributed by atoms with Gasteiger partial charge in [-0.05, 0) is 42.3 Å². The molecule has 0 radical (unpaired) electrons. The van der Waals surface area contributed by atoms with Crippen LogP contribution in [0.15, 0.2) is 53.7 Å². The zero-order chi connectivity index (χ0) is 20.8. The number of pyridine rings is 1. The molecule has 1 aromatic carbocycles. The van der Waals surface area contributed by atoms with E-state index in [1.54, 1.807) is 24.5 Å². The van der Waals surface area contributed by atoms with Gasteiger partial charge in [0.2, 0.25) is 10.0 Å². The van der Waals surface area contributed by atoms with E-state index < -0.39 is 26.7 Å². The van der Waals surface area contributed by atoms with Crippen LogP contribution in [0.3, 0.4) is 0 Å². The molecular formula is C19H15ClF3N3O2S. The van der Waals surface area contributed by atoms with Crippen LogP contribution in [0, 0.1) is 0 Å². The Morgan fingerprint density at radius 2 is 2.00 bits per heavy atom. The van der Waals surface area contributed by atoms with Gasteiger partial charge in [0.15, 0.2) is 0 Å². The molecule has 10 heteroatoms. The molecule has 3 heterocycles. The van der Waals surface area contributed by atoms with E-state index in [2.05, 4.69) is 9.97 Å². The first-order valence-electron chi connectivity index (χ1n) is 8.66. The standard InChI is InChI=1S/C19H15ClF3N3O2S/c20-13-3-4-17(16(10-13)19(21,22)23)29(27,28)26-8-5-12(6-9-26)15-11-25-18-14(15)2-1-7-24-18/h1-5,7,10-11H,6,8-9H2,(H,24,25). The Balaban J connectivity index is 1.66. The second-order valence-corrected chi connectivity index (χ2v) is 8.93. The maximum Gasteiger partial charge on any atom is 0.417 e. The van der Waals surface area contributed by atoms with Crippen molar-refractivity contribution in [2.75, 3.05) is 13.1 Å². The van der Waals surface area contributed by atoms with Gasteiger partial charge in [0.05, 0.1) is 10.5 Å². The summed E-state index contributed by atoms with van der Waals surface area (Å²) in [5.74, 6) is 0. The summed E-state index contributed by atoms with van der Waals surface area (Å²) in [4.78, 5) is 6.50.